The van der Waals surface area contributed by atoms with Crippen LogP contribution in [0.15, 0.2) is 54.6 Å². The minimum atomic E-state index is -0.246. The molecular formula is C19H23FN2O. The first kappa shape index (κ1) is 17.0. The van der Waals surface area contributed by atoms with Crippen LogP contribution in [0.1, 0.15) is 18.4 Å². The van der Waals surface area contributed by atoms with E-state index in [2.05, 4.69) is 22.3 Å². The van der Waals surface area contributed by atoms with E-state index >= 15 is 0 Å². The molecule has 2 rings (SSSR count). The van der Waals surface area contributed by atoms with Crippen LogP contribution in [0.3, 0.4) is 0 Å². The molecule has 0 fully saturated rings. The second-order valence-electron chi connectivity index (χ2n) is 5.55. The lowest BCUT2D eigenvalue weighted by Crippen LogP contribution is -2.28. The van der Waals surface area contributed by atoms with Crippen LogP contribution in [0.2, 0.25) is 0 Å². The summed E-state index contributed by atoms with van der Waals surface area (Å²) in [6.07, 6.45) is 1.62. The van der Waals surface area contributed by atoms with Crippen LogP contribution in [-0.2, 0) is 11.2 Å². The molecule has 1 amide bonds. The van der Waals surface area contributed by atoms with Crippen molar-refractivity contribution in [3.63, 3.8) is 0 Å². The second-order valence-corrected chi connectivity index (χ2v) is 5.55. The van der Waals surface area contributed by atoms with Gasteiger partial charge in [-0.25, -0.2) is 4.39 Å². The maximum Gasteiger partial charge on any atom is 0.220 e. The van der Waals surface area contributed by atoms with Gasteiger partial charge in [-0.05, 0) is 36.6 Å². The number of amides is 1. The first-order chi connectivity index (χ1) is 11.2. The van der Waals surface area contributed by atoms with Gasteiger partial charge in [-0.15, -0.1) is 0 Å². The summed E-state index contributed by atoms with van der Waals surface area (Å²) in [5, 5.41) is 2.89. The van der Waals surface area contributed by atoms with Gasteiger partial charge in [0.1, 0.15) is 5.82 Å². The van der Waals surface area contributed by atoms with Crippen molar-refractivity contribution in [3.8, 4) is 0 Å². The maximum absolute atomic E-state index is 13.5. The van der Waals surface area contributed by atoms with Gasteiger partial charge in [-0.2, -0.15) is 0 Å². The van der Waals surface area contributed by atoms with E-state index < -0.39 is 0 Å². The minimum Gasteiger partial charge on any atom is -0.375 e. The Balaban J connectivity index is 1.62. The SMILES string of the molecule is CN(CCCNC(=O)CCc1ccccc1F)c1ccccc1. The molecule has 0 radical (unpaired) electrons. The highest BCUT2D eigenvalue weighted by Crippen LogP contribution is 2.11. The molecule has 2 aromatic carbocycles. The van der Waals surface area contributed by atoms with Crippen molar-refractivity contribution in [2.75, 3.05) is 25.0 Å². The van der Waals surface area contributed by atoms with E-state index in [1.807, 2.05) is 25.2 Å². The molecule has 3 nitrogen and oxygen atoms in total. The summed E-state index contributed by atoms with van der Waals surface area (Å²) in [6.45, 7) is 1.50. The van der Waals surface area contributed by atoms with Crippen LogP contribution in [0.4, 0.5) is 10.1 Å². The normalized spacial score (nSPS) is 10.3. The number of benzene rings is 2. The minimum absolute atomic E-state index is 0.0318. The molecule has 0 aliphatic heterocycles. The summed E-state index contributed by atoms with van der Waals surface area (Å²) in [5.41, 5.74) is 1.75. The van der Waals surface area contributed by atoms with Gasteiger partial charge in [0, 0.05) is 32.2 Å². The molecule has 0 atom stereocenters. The lowest BCUT2D eigenvalue weighted by Gasteiger charge is -2.19. The molecule has 0 saturated carbocycles. The van der Waals surface area contributed by atoms with Crippen LogP contribution >= 0.6 is 0 Å². The number of halogens is 1. The number of hydrogen-bond donors (Lipinski definition) is 1. The van der Waals surface area contributed by atoms with E-state index in [4.69, 9.17) is 0 Å². The zero-order valence-corrected chi connectivity index (χ0v) is 13.5. The summed E-state index contributed by atoms with van der Waals surface area (Å²) >= 11 is 0. The van der Waals surface area contributed by atoms with Gasteiger partial charge in [-0.3, -0.25) is 4.79 Å². The standard InChI is InChI=1S/C19H23FN2O/c1-22(17-9-3-2-4-10-17)15-7-14-21-19(23)13-12-16-8-5-6-11-18(16)20/h2-6,8-11H,7,12-15H2,1H3,(H,21,23). The third kappa shape index (κ3) is 5.74. The Bertz CT molecular complexity index is 616. The van der Waals surface area contributed by atoms with Gasteiger partial charge >= 0.3 is 0 Å². The first-order valence-corrected chi connectivity index (χ1v) is 7.93. The number of carbonyl (C=O) groups excluding carboxylic acids is 1. The number of nitrogens with one attached hydrogen (secondary N) is 1. The number of carbonyl (C=O) groups is 1. The number of anilines is 1. The third-order valence-electron chi connectivity index (χ3n) is 3.77. The monoisotopic (exact) mass is 314 g/mol. The summed E-state index contributed by atoms with van der Waals surface area (Å²) in [5.74, 6) is -0.277. The first-order valence-electron chi connectivity index (χ1n) is 7.93. The van der Waals surface area contributed by atoms with Crippen molar-refractivity contribution < 1.29 is 9.18 Å². The van der Waals surface area contributed by atoms with Gasteiger partial charge in [0.15, 0.2) is 0 Å². The Labute approximate surface area is 137 Å². The highest BCUT2D eigenvalue weighted by molar-refractivity contribution is 5.76. The lowest BCUT2D eigenvalue weighted by molar-refractivity contribution is -0.121. The zero-order chi connectivity index (χ0) is 16.5. The Morgan fingerprint density at radius 1 is 1.09 bits per heavy atom. The second kappa shape index (κ2) is 8.93. The van der Waals surface area contributed by atoms with Crippen LogP contribution in [0.25, 0.3) is 0 Å². The van der Waals surface area contributed by atoms with Gasteiger partial charge in [-0.1, -0.05) is 36.4 Å². The fourth-order valence-electron chi connectivity index (χ4n) is 2.39. The average molecular weight is 314 g/mol. The maximum atomic E-state index is 13.5. The Kier molecular flexibility index (Phi) is 6.60. The highest BCUT2D eigenvalue weighted by atomic mass is 19.1. The van der Waals surface area contributed by atoms with E-state index in [1.165, 1.54) is 11.8 Å². The summed E-state index contributed by atoms with van der Waals surface area (Å²) in [4.78, 5) is 14.0. The van der Waals surface area contributed by atoms with E-state index in [0.717, 1.165) is 13.0 Å². The third-order valence-corrected chi connectivity index (χ3v) is 3.77. The Morgan fingerprint density at radius 3 is 2.52 bits per heavy atom. The average Bonchev–Trinajstić information content (AvgIpc) is 2.58. The van der Waals surface area contributed by atoms with Gasteiger partial charge in [0.05, 0.1) is 0 Å². The van der Waals surface area contributed by atoms with E-state index in [-0.39, 0.29) is 11.7 Å². The van der Waals surface area contributed by atoms with Crippen molar-refractivity contribution in [2.24, 2.45) is 0 Å². The molecule has 23 heavy (non-hydrogen) atoms. The van der Waals surface area contributed by atoms with Gasteiger partial charge in [0.25, 0.3) is 0 Å². The van der Waals surface area contributed by atoms with Crippen LogP contribution in [-0.4, -0.2) is 26.0 Å². The van der Waals surface area contributed by atoms with Crippen LogP contribution in [0, 0.1) is 5.82 Å². The summed E-state index contributed by atoms with van der Waals surface area (Å²) in [7, 11) is 2.04. The van der Waals surface area contributed by atoms with Crippen molar-refractivity contribution in [1.29, 1.82) is 0 Å². The molecule has 0 saturated heterocycles. The molecule has 4 heteroatoms. The fourth-order valence-corrected chi connectivity index (χ4v) is 2.39. The molecule has 0 unspecified atom stereocenters. The molecule has 0 aliphatic rings. The molecule has 1 N–H and O–H groups in total. The number of aryl methyl sites for hydroxylation is 1. The largest absolute Gasteiger partial charge is 0.375 e. The number of rotatable bonds is 8. The predicted octanol–water partition coefficient (Wildman–Crippen LogP) is 3.40. The predicted molar refractivity (Wildman–Crippen MR) is 92.1 cm³/mol. The van der Waals surface area contributed by atoms with Crippen molar-refractivity contribution >= 4 is 11.6 Å². The summed E-state index contributed by atoms with van der Waals surface area (Å²) in [6, 6.07) is 16.7. The van der Waals surface area contributed by atoms with Crippen molar-refractivity contribution in [1.82, 2.24) is 5.32 Å². The van der Waals surface area contributed by atoms with Crippen molar-refractivity contribution in [3.05, 3.63) is 66.0 Å². The van der Waals surface area contributed by atoms with E-state index in [0.29, 0.717) is 24.9 Å². The molecule has 0 aromatic heterocycles. The Morgan fingerprint density at radius 2 is 1.78 bits per heavy atom. The van der Waals surface area contributed by atoms with Crippen LogP contribution < -0.4 is 10.2 Å². The molecule has 122 valence electrons. The molecular weight excluding hydrogens is 291 g/mol. The van der Waals surface area contributed by atoms with Gasteiger partial charge < -0.3 is 10.2 Å². The van der Waals surface area contributed by atoms with E-state index in [1.54, 1.807) is 18.2 Å². The molecule has 0 spiro atoms. The zero-order valence-electron chi connectivity index (χ0n) is 13.5. The Hall–Kier alpha value is -2.36. The molecule has 0 bridgehead atoms. The molecule has 0 aliphatic carbocycles. The highest BCUT2D eigenvalue weighted by Gasteiger charge is 2.05. The molecule has 2 aromatic rings. The lowest BCUT2D eigenvalue weighted by atomic mass is 10.1. The summed E-state index contributed by atoms with van der Waals surface area (Å²) < 4.78 is 13.5. The van der Waals surface area contributed by atoms with E-state index in [9.17, 15) is 9.18 Å². The van der Waals surface area contributed by atoms with Gasteiger partial charge in [0.2, 0.25) is 5.91 Å². The quantitative estimate of drug-likeness (QED) is 0.757. The number of nitrogens with zero attached hydrogens (tertiary/aromatic N) is 1. The topological polar surface area (TPSA) is 32.3 Å². The molecule has 0 heterocycles. The fraction of sp³-hybridized carbons (Fsp3) is 0.316. The van der Waals surface area contributed by atoms with Crippen LogP contribution in [0.5, 0.6) is 0 Å². The van der Waals surface area contributed by atoms with Crippen molar-refractivity contribution in [2.45, 2.75) is 19.3 Å². The number of hydrogen-bond acceptors (Lipinski definition) is 2. The number of para-hydroxylation sites is 1. The smallest absolute Gasteiger partial charge is 0.220 e.